The van der Waals surface area contributed by atoms with E-state index in [0.717, 1.165) is 32.8 Å². The average molecular weight is 381 g/mol. The van der Waals surface area contributed by atoms with Gasteiger partial charge in [0.15, 0.2) is 5.13 Å². The summed E-state index contributed by atoms with van der Waals surface area (Å²) in [4.78, 5) is 28.8. The summed E-state index contributed by atoms with van der Waals surface area (Å²) in [5, 5.41) is 5.22. The molecular weight excluding hydrogens is 366 g/mol. The zero-order chi connectivity index (χ0) is 18.1. The molecule has 0 saturated carbocycles. The topological polar surface area (TPSA) is 64.0 Å². The number of aromatic nitrogens is 2. The lowest BCUT2D eigenvalue weighted by Crippen LogP contribution is -2.24. The molecule has 0 atom stereocenters. The van der Waals surface area contributed by atoms with E-state index in [-0.39, 0.29) is 17.3 Å². The molecule has 0 unspecified atom stereocenters. The Bertz CT molecular complexity index is 1140. The second-order valence-electron chi connectivity index (χ2n) is 5.87. The molecule has 4 aromatic rings. The molecule has 0 spiro atoms. The summed E-state index contributed by atoms with van der Waals surface area (Å²) in [6, 6.07) is 15.5. The Morgan fingerprint density at radius 3 is 2.73 bits per heavy atom. The quantitative estimate of drug-likeness (QED) is 0.578. The van der Waals surface area contributed by atoms with Gasteiger partial charge in [0, 0.05) is 10.9 Å². The van der Waals surface area contributed by atoms with Crippen molar-refractivity contribution in [1.29, 1.82) is 0 Å². The first kappa shape index (κ1) is 16.7. The first-order valence-electron chi connectivity index (χ1n) is 8.01. The van der Waals surface area contributed by atoms with Crippen molar-refractivity contribution in [2.75, 3.05) is 5.32 Å². The monoisotopic (exact) mass is 381 g/mol. The van der Waals surface area contributed by atoms with Crippen LogP contribution in [-0.2, 0) is 11.3 Å². The van der Waals surface area contributed by atoms with Crippen LogP contribution in [0.15, 0.2) is 58.7 Å². The Balaban J connectivity index is 1.51. The van der Waals surface area contributed by atoms with Crippen LogP contribution in [0.2, 0.25) is 0 Å². The molecule has 1 amide bonds. The molecule has 1 N–H and O–H groups in total. The minimum absolute atomic E-state index is 0.0255. The number of amides is 1. The van der Waals surface area contributed by atoms with Gasteiger partial charge in [-0.2, -0.15) is 0 Å². The molecule has 0 aliphatic rings. The lowest BCUT2D eigenvalue weighted by atomic mass is 10.1. The molecule has 2 aromatic carbocycles. The summed E-state index contributed by atoms with van der Waals surface area (Å²) in [5.41, 5.74) is 3.79. The molecular formula is C19H15N3O2S2. The SMILES string of the molecule is Cc1ccc(-c2csc(NC(=O)Cn3c(=O)sc4ccccc43)n2)cc1. The number of hydrogen-bond acceptors (Lipinski definition) is 5. The fourth-order valence-electron chi connectivity index (χ4n) is 2.65. The maximum atomic E-state index is 12.4. The van der Waals surface area contributed by atoms with Crippen molar-refractivity contribution in [2.24, 2.45) is 0 Å². The number of fused-ring (bicyclic) bond motifs is 1. The number of carbonyl (C=O) groups excluding carboxylic acids is 1. The third-order valence-electron chi connectivity index (χ3n) is 3.97. The number of rotatable bonds is 4. The van der Waals surface area contributed by atoms with Gasteiger partial charge in [0.25, 0.3) is 0 Å². The van der Waals surface area contributed by atoms with E-state index in [1.165, 1.54) is 21.5 Å². The number of hydrogen-bond donors (Lipinski definition) is 1. The molecule has 130 valence electrons. The first-order valence-corrected chi connectivity index (χ1v) is 9.70. The highest BCUT2D eigenvalue weighted by molar-refractivity contribution is 7.16. The van der Waals surface area contributed by atoms with Gasteiger partial charge in [-0.3, -0.25) is 14.2 Å². The lowest BCUT2D eigenvalue weighted by Gasteiger charge is -2.04. The van der Waals surface area contributed by atoms with Crippen molar-refractivity contribution in [3.8, 4) is 11.3 Å². The van der Waals surface area contributed by atoms with Gasteiger partial charge in [0.2, 0.25) is 5.91 Å². The van der Waals surface area contributed by atoms with Gasteiger partial charge in [-0.15, -0.1) is 11.3 Å². The van der Waals surface area contributed by atoms with Crippen LogP contribution in [-0.4, -0.2) is 15.5 Å². The van der Waals surface area contributed by atoms with Gasteiger partial charge in [0.1, 0.15) is 6.54 Å². The molecule has 4 rings (SSSR count). The fourth-order valence-corrected chi connectivity index (χ4v) is 4.28. The van der Waals surface area contributed by atoms with E-state index in [1.807, 2.05) is 60.8 Å². The Hall–Kier alpha value is -2.77. The molecule has 5 nitrogen and oxygen atoms in total. The minimum Gasteiger partial charge on any atom is -0.300 e. The van der Waals surface area contributed by atoms with Crippen molar-refractivity contribution in [1.82, 2.24) is 9.55 Å². The normalized spacial score (nSPS) is 11.0. The van der Waals surface area contributed by atoms with Crippen LogP contribution < -0.4 is 10.2 Å². The van der Waals surface area contributed by atoms with E-state index in [2.05, 4.69) is 10.3 Å². The van der Waals surface area contributed by atoms with Crippen LogP contribution in [0, 0.1) is 6.92 Å². The van der Waals surface area contributed by atoms with Crippen molar-refractivity contribution < 1.29 is 4.79 Å². The molecule has 26 heavy (non-hydrogen) atoms. The maximum Gasteiger partial charge on any atom is 0.308 e. The predicted molar refractivity (Wildman–Crippen MR) is 107 cm³/mol. The number of aryl methyl sites for hydroxylation is 1. The number of carbonyl (C=O) groups is 1. The highest BCUT2D eigenvalue weighted by atomic mass is 32.1. The van der Waals surface area contributed by atoms with Crippen LogP contribution in [0.5, 0.6) is 0 Å². The van der Waals surface area contributed by atoms with Gasteiger partial charge >= 0.3 is 4.87 Å². The largest absolute Gasteiger partial charge is 0.308 e. The molecule has 0 radical (unpaired) electrons. The van der Waals surface area contributed by atoms with Crippen molar-refractivity contribution in [3.63, 3.8) is 0 Å². The van der Waals surface area contributed by atoms with Crippen molar-refractivity contribution >= 4 is 43.9 Å². The van der Waals surface area contributed by atoms with Crippen LogP contribution >= 0.6 is 22.7 Å². The third-order valence-corrected chi connectivity index (χ3v) is 5.69. The van der Waals surface area contributed by atoms with Gasteiger partial charge in [-0.25, -0.2) is 4.98 Å². The van der Waals surface area contributed by atoms with Crippen molar-refractivity contribution in [2.45, 2.75) is 13.5 Å². The van der Waals surface area contributed by atoms with E-state index < -0.39 is 0 Å². The summed E-state index contributed by atoms with van der Waals surface area (Å²) in [6.45, 7) is 2.01. The Morgan fingerprint density at radius 1 is 1.15 bits per heavy atom. The maximum absolute atomic E-state index is 12.4. The standard InChI is InChI=1S/C19H15N3O2S2/c1-12-6-8-13(9-7-12)14-11-25-18(20-14)21-17(23)10-22-15-4-2-3-5-16(15)26-19(22)24/h2-9,11H,10H2,1H3,(H,20,21,23). The minimum atomic E-state index is -0.263. The van der Waals surface area contributed by atoms with E-state index in [9.17, 15) is 9.59 Å². The third kappa shape index (κ3) is 3.31. The predicted octanol–water partition coefficient (Wildman–Crippen LogP) is 4.13. The number of para-hydroxylation sites is 1. The molecule has 0 aliphatic carbocycles. The molecule has 0 bridgehead atoms. The summed E-state index contributed by atoms with van der Waals surface area (Å²) >= 11 is 2.51. The van der Waals surface area contributed by atoms with E-state index in [4.69, 9.17) is 0 Å². The number of benzene rings is 2. The fraction of sp³-hybridized carbons (Fsp3) is 0.105. The molecule has 2 aromatic heterocycles. The van der Waals surface area contributed by atoms with Crippen LogP contribution in [0.3, 0.4) is 0 Å². The summed E-state index contributed by atoms with van der Waals surface area (Å²) in [7, 11) is 0. The van der Waals surface area contributed by atoms with Gasteiger partial charge < -0.3 is 5.32 Å². The van der Waals surface area contributed by atoms with Crippen molar-refractivity contribution in [3.05, 3.63) is 69.1 Å². The highest BCUT2D eigenvalue weighted by Crippen LogP contribution is 2.25. The number of anilines is 1. The lowest BCUT2D eigenvalue weighted by molar-refractivity contribution is -0.116. The van der Waals surface area contributed by atoms with Crippen LogP contribution in [0.4, 0.5) is 5.13 Å². The Morgan fingerprint density at radius 2 is 1.92 bits per heavy atom. The number of nitrogens with one attached hydrogen (secondary N) is 1. The average Bonchev–Trinajstić information content (AvgIpc) is 3.21. The second kappa shape index (κ2) is 6.86. The van der Waals surface area contributed by atoms with Gasteiger partial charge in [-0.05, 0) is 19.1 Å². The molecule has 0 fully saturated rings. The molecule has 7 heteroatoms. The van der Waals surface area contributed by atoms with E-state index >= 15 is 0 Å². The zero-order valence-electron chi connectivity index (χ0n) is 13.9. The highest BCUT2D eigenvalue weighted by Gasteiger charge is 2.13. The molecule has 2 heterocycles. The zero-order valence-corrected chi connectivity index (χ0v) is 15.6. The number of nitrogens with zero attached hydrogens (tertiary/aromatic N) is 2. The summed E-state index contributed by atoms with van der Waals surface area (Å²) in [6.07, 6.45) is 0. The van der Waals surface area contributed by atoms with Gasteiger partial charge in [-0.1, -0.05) is 53.3 Å². The second-order valence-corrected chi connectivity index (χ2v) is 7.73. The Labute approximate surface area is 157 Å². The Kier molecular flexibility index (Phi) is 4.40. The first-order chi connectivity index (χ1) is 12.6. The summed E-state index contributed by atoms with van der Waals surface area (Å²) in [5.74, 6) is -0.263. The summed E-state index contributed by atoms with van der Waals surface area (Å²) < 4.78 is 2.37. The molecule has 0 saturated heterocycles. The van der Waals surface area contributed by atoms with Crippen LogP contribution in [0.25, 0.3) is 21.5 Å². The van der Waals surface area contributed by atoms with E-state index in [1.54, 1.807) is 0 Å². The smallest absolute Gasteiger partial charge is 0.300 e. The van der Waals surface area contributed by atoms with Gasteiger partial charge in [0.05, 0.1) is 15.9 Å². The number of thiazole rings is 2. The molecule has 0 aliphatic heterocycles. The van der Waals surface area contributed by atoms with Crippen LogP contribution in [0.1, 0.15) is 5.56 Å². The van der Waals surface area contributed by atoms with E-state index in [0.29, 0.717) is 5.13 Å².